The average molecular weight is 363 g/mol. The van der Waals surface area contributed by atoms with Crippen LogP contribution in [0.5, 0.6) is 0 Å². The number of para-hydroxylation sites is 1. The zero-order valence-corrected chi connectivity index (χ0v) is 13.9. The smallest absolute Gasteiger partial charge is 0.295 e. The summed E-state index contributed by atoms with van der Waals surface area (Å²) in [5.74, 6) is -0.884. The Morgan fingerprint density at radius 2 is 1.83 bits per heavy atom. The van der Waals surface area contributed by atoms with Crippen molar-refractivity contribution >= 4 is 46.3 Å². The minimum atomic E-state index is -0.448. The summed E-state index contributed by atoms with van der Waals surface area (Å²) < 4.78 is 13.6. The van der Waals surface area contributed by atoms with Crippen LogP contribution in [0.15, 0.2) is 53.4 Å². The first-order valence-corrected chi connectivity index (χ1v) is 8.24. The molecule has 122 valence electrons. The Bertz CT molecular complexity index is 841. The van der Waals surface area contributed by atoms with Crippen LogP contribution < -0.4 is 5.32 Å². The van der Waals surface area contributed by atoms with E-state index in [2.05, 4.69) is 5.32 Å². The fourth-order valence-electron chi connectivity index (χ4n) is 2.14. The Morgan fingerprint density at radius 3 is 2.58 bits per heavy atom. The molecule has 0 bridgehead atoms. The Hall–Kier alpha value is -2.31. The fourth-order valence-corrected chi connectivity index (χ4v) is 3.16. The lowest BCUT2D eigenvalue weighted by molar-refractivity contribution is -0.122. The van der Waals surface area contributed by atoms with Crippen LogP contribution in [0.3, 0.4) is 0 Å². The Morgan fingerprint density at radius 1 is 1.12 bits per heavy atom. The van der Waals surface area contributed by atoms with Gasteiger partial charge in [0.05, 0.1) is 17.3 Å². The van der Waals surface area contributed by atoms with Crippen molar-refractivity contribution in [2.24, 2.45) is 0 Å². The van der Waals surface area contributed by atoms with Gasteiger partial charge in [0, 0.05) is 5.02 Å². The number of carbonyl (C=O) groups excluding carboxylic acids is 2. The molecule has 0 atom stereocenters. The number of carbonyl (C=O) groups is 2. The molecule has 0 spiro atoms. The van der Waals surface area contributed by atoms with Gasteiger partial charge in [0.15, 0.2) is 0 Å². The molecular formula is C17H12ClFN2O2S. The molecule has 3 rings (SSSR count). The monoisotopic (exact) mass is 362 g/mol. The SMILES string of the molecule is O=C1S/C(=C/c2ccccc2Cl)C(=O)N1CNc1ccccc1F. The van der Waals surface area contributed by atoms with Gasteiger partial charge in [0.2, 0.25) is 0 Å². The van der Waals surface area contributed by atoms with E-state index in [0.29, 0.717) is 10.6 Å². The molecule has 1 N–H and O–H groups in total. The van der Waals surface area contributed by atoms with Crippen molar-refractivity contribution in [1.82, 2.24) is 4.90 Å². The van der Waals surface area contributed by atoms with E-state index in [-0.39, 0.29) is 17.3 Å². The third-order valence-corrected chi connectivity index (χ3v) is 4.62. The number of nitrogens with zero attached hydrogens (tertiary/aromatic N) is 1. The first-order valence-electron chi connectivity index (χ1n) is 7.04. The molecular weight excluding hydrogens is 351 g/mol. The maximum Gasteiger partial charge on any atom is 0.295 e. The number of anilines is 1. The van der Waals surface area contributed by atoms with E-state index in [9.17, 15) is 14.0 Å². The summed E-state index contributed by atoms with van der Waals surface area (Å²) in [4.78, 5) is 25.7. The quantitative estimate of drug-likeness (QED) is 0.808. The number of hydrogen-bond donors (Lipinski definition) is 1. The maximum atomic E-state index is 13.6. The number of thioether (sulfide) groups is 1. The molecule has 0 aromatic heterocycles. The predicted octanol–water partition coefficient (Wildman–Crippen LogP) is 4.59. The molecule has 1 fully saturated rings. The summed E-state index contributed by atoms with van der Waals surface area (Å²) in [6.07, 6.45) is 1.58. The Kier molecular flexibility index (Phi) is 4.87. The second-order valence-electron chi connectivity index (χ2n) is 4.95. The van der Waals surface area contributed by atoms with Crippen LogP contribution >= 0.6 is 23.4 Å². The van der Waals surface area contributed by atoms with Gasteiger partial charge in [0.1, 0.15) is 5.82 Å². The van der Waals surface area contributed by atoms with Crippen LogP contribution in [-0.2, 0) is 4.79 Å². The molecule has 1 saturated heterocycles. The molecule has 0 radical (unpaired) electrons. The number of benzene rings is 2. The van der Waals surface area contributed by atoms with Gasteiger partial charge in [0.25, 0.3) is 11.1 Å². The summed E-state index contributed by atoms with van der Waals surface area (Å²) in [5, 5.41) is 2.83. The second kappa shape index (κ2) is 7.07. The molecule has 4 nitrogen and oxygen atoms in total. The Labute approximate surface area is 147 Å². The molecule has 7 heteroatoms. The van der Waals surface area contributed by atoms with Crippen molar-refractivity contribution in [2.45, 2.75) is 0 Å². The molecule has 1 aliphatic rings. The summed E-state index contributed by atoms with van der Waals surface area (Å²) in [7, 11) is 0. The number of hydrogen-bond acceptors (Lipinski definition) is 4. The third-order valence-electron chi connectivity index (χ3n) is 3.37. The maximum absolute atomic E-state index is 13.6. The van der Waals surface area contributed by atoms with Crippen molar-refractivity contribution in [3.05, 3.63) is 69.8 Å². The van der Waals surface area contributed by atoms with Crippen molar-refractivity contribution in [3.8, 4) is 0 Å². The fraction of sp³-hybridized carbons (Fsp3) is 0.0588. The first kappa shape index (κ1) is 16.5. The number of imide groups is 1. The van der Waals surface area contributed by atoms with Crippen molar-refractivity contribution < 1.29 is 14.0 Å². The lowest BCUT2D eigenvalue weighted by Crippen LogP contribution is -2.33. The molecule has 24 heavy (non-hydrogen) atoms. The highest BCUT2D eigenvalue weighted by molar-refractivity contribution is 8.18. The van der Waals surface area contributed by atoms with Crippen LogP contribution in [0.25, 0.3) is 6.08 Å². The molecule has 1 aliphatic heterocycles. The zero-order valence-electron chi connectivity index (χ0n) is 12.3. The van der Waals surface area contributed by atoms with E-state index in [1.807, 2.05) is 0 Å². The van der Waals surface area contributed by atoms with Crippen molar-refractivity contribution in [3.63, 3.8) is 0 Å². The van der Waals surface area contributed by atoms with Crippen LogP contribution in [0, 0.1) is 5.82 Å². The number of amides is 2. The van der Waals surface area contributed by atoms with E-state index in [4.69, 9.17) is 11.6 Å². The molecule has 2 aromatic rings. The lowest BCUT2D eigenvalue weighted by atomic mass is 10.2. The first-order chi connectivity index (χ1) is 11.6. The van der Waals surface area contributed by atoms with Gasteiger partial charge in [-0.25, -0.2) is 4.39 Å². The lowest BCUT2D eigenvalue weighted by Gasteiger charge is -2.14. The van der Waals surface area contributed by atoms with Crippen LogP contribution in [0.2, 0.25) is 5.02 Å². The summed E-state index contributed by atoms with van der Waals surface area (Å²) >= 11 is 6.89. The molecule has 0 saturated carbocycles. The Balaban J connectivity index is 1.75. The second-order valence-corrected chi connectivity index (χ2v) is 6.35. The number of halogens is 2. The highest BCUT2D eigenvalue weighted by atomic mass is 35.5. The minimum absolute atomic E-state index is 0.106. The van der Waals surface area contributed by atoms with E-state index in [0.717, 1.165) is 16.7 Å². The van der Waals surface area contributed by atoms with Crippen molar-refractivity contribution in [2.75, 3.05) is 12.0 Å². The van der Waals surface area contributed by atoms with Crippen LogP contribution in [-0.4, -0.2) is 22.7 Å². The molecule has 0 aliphatic carbocycles. The molecule has 2 amide bonds. The van der Waals surface area contributed by atoms with E-state index >= 15 is 0 Å². The number of nitrogens with one attached hydrogen (secondary N) is 1. The average Bonchev–Trinajstić information content (AvgIpc) is 2.83. The van der Waals surface area contributed by atoms with Gasteiger partial charge in [-0.15, -0.1) is 0 Å². The van der Waals surface area contributed by atoms with E-state index in [1.54, 1.807) is 42.5 Å². The minimum Gasteiger partial charge on any atom is -0.365 e. The van der Waals surface area contributed by atoms with Gasteiger partial charge < -0.3 is 5.32 Å². The summed E-state index contributed by atoms with van der Waals surface area (Å²) in [5.41, 5.74) is 0.887. The summed E-state index contributed by atoms with van der Waals surface area (Å²) in [6.45, 7) is -0.106. The normalized spacial score (nSPS) is 16.1. The van der Waals surface area contributed by atoms with E-state index < -0.39 is 17.0 Å². The highest BCUT2D eigenvalue weighted by Crippen LogP contribution is 2.33. The van der Waals surface area contributed by atoms with E-state index in [1.165, 1.54) is 12.1 Å². The van der Waals surface area contributed by atoms with Crippen LogP contribution in [0.4, 0.5) is 14.9 Å². The topological polar surface area (TPSA) is 49.4 Å². The largest absolute Gasteiger partial charge is 0.365 e. The zero-order chi connectivity index (χ0) is 17.1. The van der Waals surface area contributed by atoms with Gasteiger partial charge in [-0.2, -0.15) is 0 Å². The highest BCUT2D eigenvalue weighted by Gasteiger charge is 2.35. The van der Waals surface area contributed by atoms with Gasteiger partial charge in [-0.3, -0.25) is 14.5 Å². The summed E-state index contributed by atoms with van der Waals surface area (Å²) in [6, 6.07) is 13.1. The third kappa shape index (κ3) is 3.44. The molecule has 1 heterocycles. The van der Waals surface area contributed by atoms with Gasteiger partial charge in [-0.05, 0) is 41.6 Å². The standard InChI is InChI=1S/C17H12ClFN2O2S/c18-12-6-2-1-5-11(12)9-15-16(22)21(17(23)24-15)10-20-14-8-4-3-7-13(14)19/h1-9,20H,10H2/b15-9+. The molecule has 2 aromatic carbocycles. The van der Waals surface area contributed by atoms with Crippen molar-refractivity contribution in [1.29, 1.82) is 0 Å². The molecule has 0 unspecified atom stereocenters. The predicted molar refractivity (Wildman–Crippen MR) is 94.2 cm³/mol. The van der Waals surface area contributed by atoms with Gasteiger partial charge >= 0.3 is 0 Å². The van der Waals surface area contributed by atoms with Crippen LogP contribution in [0.1, 0.15) is 5.56 Å². The van der Waals surface area contributed by atoms with Gasteiger partial charge in [-0.1, -0.05) is 41.9 Å². The number of rotatable bonds is 4.